The van der Waals surface area contributed by atoms with E-state index in [9.17, 15) is 42.4 Å². The fourth-order valence-corrected chi connectivity index (χ4v) is 3.98. The fraction of sp³-hybridized carbons (Fsp3) is 0.321. The lowest BCUT2D eigenvalue weighted by Gasteiger charge is -2.28. The van der Waals surface area contributed by atoms with Gasteiger partial charge in [-0.1, -0.05) is 6.07 Å². The number of rotatable bonds is 10. The number of nitrogens with one attached hydrogen (secondary N) is 1. The SMILES string of the molecule is COc1ccc([N+](=O)[O-])c(CCN(Cc2c(F)cccc2Nc2cc(C(F)(F)F)c(F)cc2C(=O)O)C(=O)OC(C)(C)C)n1. The van der Waals surface area contributed by atoms with Gasteiger partial charge in [0.15, 0.2) is 0 Å². The Balaban J connectivity index is 2.06. The van der Waals surface area contributed by atoms with Crippen molar-refractivity contribution in [2.24, 2.45) is 0 Å². The number of pyridine rings is 1. The predicted octanol–water partition coefficient (Wildman–Crippen LogP) is 6.72. The van der Waals surface area contributed by atoms with Crippen molar-refractivity contribution < 1.29 is 51.0 Å². The molecule has 0 radical (unpaired) electrons. The minimum Gasteiger partial charge on any atom is -0.481 e. The molecule has 0 atom stereocenters. The molecule has 0 aliphatic heterocycles. The summed E-state index contributed by atoms with van der Waals surface area (Å²) in [6, 6.07) is 6.25. The molecule has 1 heterocycles. The molecule has 2 aromatic carbocycles. The number of methoxy groups -OCH3 is 1. The summed E-state index contributed by atoms with van der Waals surface area (Å²) in [5.74, 6) is -4.47. The van der Waals surface area contributed by atoms with Gasteiger partial charge in [-0.2, -0.15) is 13.2 Å². The van der Waals surface area contributed by atoms with E-state index in [1.54, 1.807) is 20.8 Å². The second kappa shape index (κ2) is 13.1. The number of carboxylic acids is 1. The number of hydrogen-bond acceptors (Lipinski definition) is 8. The summed E-state index contributed by atoms with van der Waals surface area (Å²) in [5.41, 5.74) is -5.33. The number of alkyl halides is 3. The number of carboxylic acid groups (broad SMARTS) is 1. The van der Waals surface area contributed by atoms with E-state index in [2.05, 4.69) is 10.3 Å². The molecule has 0 spiro atoms. The summed E-state index contributed by atoms with van der Waals surface area (Å²) in [4.78, 5) is 40.8. The molecule has 0 saturated heterocycles. The third-order valence-corrected chi connectivity index (χ3v) is 5.98. The third kappa shape index (κ3) is 8.29. The Morgan fingerprint density at radius 1 is 1.07 bits per heavy atom. The summed E-state index contributed by atoms with van der Waals surface area (Å²) >= 11 is 0. The zero-order chi connectivity index (χ0) is 33.0. The second-order valence-corrected chi connectivity index (χ2v) is 10.3. The number of carbonyl (C=O) groups is 2. The van der Waals surface area contributed by atoms with Gasteiger partial charge in [0, 0.05) is 36.3 Å². The van der Waals surface area contributed by atoms with E-state index in [-0.39, 0.29) is 53.6 Å². The van der Waals surface area contributed by atoms with Crippen molar-refractivity contribution in [1.82, 2.24) is 9.88 Å². The van der Waals surface area contributed by atoms with Crippen LogP contribution in [0.25, 0.3) is 0 Å². The lowest BCUT2D eigenvalue weighted by molar-refractivity contribution is -0.386. The number of carbonyl (C=O) groups excluding carboxylic acids is 1. The van der Waals surface area contributed by atoms with Crippen LogP contribution in [0.1, 0.15) is 48.0 Å². The molecule has 1 amide bonds. The maximum Gasteiger partial charge on any atom is 0.419 e. The topological polar surface area (TPSA) is 144 Å². The van der Waals surface area contributed by atoms with Crippen LogP contribution in [0, 0.1) is 21.7 Å². The second-order valence-electron chi connectivity index (χ2n) is 10.3. The number of aromatic carboxylic acids is 1. The van der Waals surface area contributed by atoms with E-state index in [0.717, 1.165) is 17.0 Å². The molecule has 236 valence electrons. The number of benzene rings is 2. The summed E-state index contributed by atoms with van der Waals surface area (Å²) in [7, 11) is 1.30. The number of aromatic nitrogens is 1. The van der Waals surface area contributed by atoms with Crippen molar-refractivity contribution in [3.05, 3.63) is 86.6 Å². The van der Waals surface area contributed by atoms with Gasteiger partial charge in [-0.15, -0.1) is 0 Å². The van der Waals surface area contributed by atoms with E-state index in [1.165, 1.54) is 25.3 Å². The highest BCUT2D eigenvalue weighted by atomic mass is 19.4. The monoisotopic (exact) mass is 626 g/mol. The molecule has 16 heteroatoms. The van der Waals surface area contributed by atoms with Gasteiger partial charge in [0.25, 0.3) is 5.69 Å². The van der Waals surface area contributed by atoms with Gasteiger partial charge in [0.2, 0.25) is 5.88 Å². The molecule has 0 unspecified atom stereocenters. The molecule has 0 fully saturated rings. The molecular formula is C28H27F5N4O7. The number of hydrogen-bond donors (Lipinski definition) is 2. The van der Waals surface area contributed by atoms with Crippen molar-refractivity contribution in [3.63, 3.8) is 0 Å². The lowest BCUT2D eigenvalue weighted by Crippen LogP contribution is -2.38. The Hall–Kier alpha value is -5.02. The van der Waals surface area contributed by atoms with Crippen molar-refractivity contribution >= 4 is 29.1 Å². The van der Waals surface area contributed by atoms with Crippen LogP contribution in [0.5, 0.6) is 5.88 Å². The lowest BCUT2D eigenvalue weighted by atomic mass is 10.1. The smallest absolute Gasteiger partial charge is 0.419 e. The Morgan fingerprint density at radius 3 is 2.32 bits per heavy atom. The van der Waals surface area contributed by atoms with Gasteiger partial charge in [-0.3, -0.25) is 10.1 Å². The van der Waals surface area contributed by atoms with Crippen LogP contribution in [0.15, 0.2) is 42.5 Å². The van der Waals surface area contributed by atoms with Gasteiger partial charge >= 0.3 is 18.2 Å². The average molecular weight is 627 g/mol. The molecule has 0 aliphatic carbocycles. The van der Waals surface area contributed by atoms with Crippen molar-refractivity contribution in [2.75, 3.05) is 19.0 Å². The molecule has 3 rings (SSSR count). The van der Waals surface area contributed by atoms with Crippen LogP contribution in [0.4, 0.5) is 43.8 Å². The van der Waals surface area contributed by atoms with Gasteiger partial charge in [0.05, 0.1) is 35.4 Å². The number of nitro groups is 1. The number of amides is 1. The van der Waals surface area contributed by atoms with E-state index in [1.807, 2.05) is 0 Å². The summed E-state index contributed by atoms with van der Waals surface area (Å²) < 4.78 is 80.0. The van der Waals surface area contributed by atoms with Crippen LogP contribution in [0.3, 0.4) is 0 Å². The third-order valence-electron chi connectivity index (χ3n) is 5.98. The molecule has 1 aromatic heterocycles. The highest BCUT2D eigenvalue weighted by Gasteiger charge is 2.36. The van der Waals surface area contributed by atoms with Crippen LogP contribution >= 0.6 is 0 Å². The molecule has 44 heavy (non-hydrogen) atoms. The maximum absolute atomic E-state index is 15.2. The van der Waals surface area contributed by atoms with Gasteiger partial charge in [0.1, 0.15) is 22.9 Å². The van der Waals surface area contributed by atoms with Crippen molar-refractivity contribution in [3.8, 4) is 5.88 Å². The van der Waals surface area contributed by atoms with Crippen LogP contribution in [0.2, 0.25) is 0 Å². The number of nitrogens with zero attached hydrogens (tertiary/aromatic N) is 3. The molecule has 0 aliphatic rings. The Bertz CT molecular complexity index is 1580. The van der Waals surface area contributed by atoms with E-state index in [0.29, 0.717) is 0 Å². The molecular weight excluding hydrogens is 599 g/mol. The standard InChI is InChI=1S/C28H27F5N4O7/c1-27(2,3)44-26(40)36(11-10-21-23(37(41)42)8-9-24(35-21)43-4)14-16-18(29)6-5-7-20(16)34-22-13-17(28(31,32)33)19(30)12-15(22)25(38)39/h5-9,12-13,34H,10-11,14H2,1-4H3,(H,38,39). The van der Waals surface area contributed by atoms with E-state index in [4.69, 9.17) is 9.47 Å². The normalized spacial score (nSPS) is 11.6. The Labute approximate surface area is 247 Å². The van der Waals surface area contributed by atoms with Crippen LogP contribution in [-0.2, 0) is 23.9 Å². The number of halogens is 5. The first-order valence-electron chi connectivity index (χ1n) is 12.8. The fourth-order valence-electron chi connectivity index (χ4n) is 3.98. The van der Waals surface area contributed by atoms with Crippen LogP contribution < -0.4 is 10.1 Å². The van der Waals surface area contributed by atoms with Gasteiger partial charge in [-0.05, 0) is 45.0 Å². The van der Waals surface area contributed by atoms with E-state index >= 15 is 4.39 Å². The first-order valence-corrected chi connectivity index (χ1v) is 12.8. The highest BCUT2D eigenvalue weighted by Crippen LogP contribution is 2.36. The summed E-state index contributed by atoms with van der Waals surface area (Å²) in [6.45, 7) is 3.80. The predicted molar refractivity (Wildman–Crippen MR) is 146 cm³/mol. The largest absolute Gasteiger partial charge is 0.481 e. The summed E-state index contributed by atoms with van der Waals surface area (Å²) in [6.07, 6.45) is -6.36. The summed E-state index contributed by atoms with van der Waals surface area (Å²) in [5, 5.41) is 23.5. The molecule has 11 nitrogen and oxygen atoms in total. The van der Waals surface area contributed by atoms with Crippen LogP contribution in [-0.4, -0.2) is 51.2 Å². The van der Waals surface area contributed by atoms with Crippen molar-refractivity contribution in [1.29, 1.82) is 0 Å². The maximum atomic E-state index is 15.2. The van der Waals surface area contributed by atoms with Gasteiger partial charge in [-0.25, -0.2) is 23.4 Å². The highest BCUT2D eigenvalue weighted by molar-refractivity contribution is 5.95. The zero-order valence-corrected chi connectivity index (χ0v) is 23.8. The molecule has 0 saturated carbocycles. The van der Waals surface area contributed by atoms with Gasteiger partial charge < -0.3 is 24.8 Å². The Morgan fingerprint density at radius 2 is 1.75 bits per heavy atom. The quantitative estimate of drug-likeness (QED) is 0.142. The van der Waals surface area contributed by atoms with Crippen molar-refractivity contribution in [2.45, 2.75) is 45.5 Å². The molecule has 3 aromatic rings. The number of ether oxygens (including phenoxy) is 2. The zero-order valence-electron chi connectivity index (χ0n) is 23.8. The molecule has 2 N–H and O–H groups in total. The molecule has 0 bridgehead atoms. The minimum atomic E-state index is -5.17. The first-order chi connectivity index (χ1) is 20.4. The average Bonchev–Trinajstić information content (AvgIpc) is 2.90. The first kappa shape index (κ1) is 33.5. The minimum absolute atomic E-state index is 0.0572. The Kier molecular flexibility index (Phi) is 9.96. The van der Waals surface area contributed by atoms with E-state index < -0.39 is 63.8 Å². The number of anilines is 2.